The Hall–Kier alpha value is -0.810. The number of amides is 1. The van der Waals surface area contributed by atoms with Crippen molar-refractivity contribution in [2.45, 2.75) is 62.5 Å². The predicted molar refractivity (Wildman–Crippen MR) is 122 cm³/mol. The van der Waals surface area contributed by atoms with Gasteiger partial charge in [-0.1, -0.05) is 12.1 Å². The second-order valence-electron chi connectivity index (χ2n) is 9.85. The van der Waals surface area contributed by atoms with E-state index in [1.165, 1.54) is 62.0 Å². The summed E-state index contributed by atoms with van der Waals surface area (Å²) >= 11 is 4.06. The van der Waals surface area contributed by atoms with Crippen molar-refractivity contribution >= 4 is 29.4 Å². The van der Waals surface area contributed by atoms with Crippen LogP contribution in [0.4, 0.5) is 0 Å². The fourth-order valence-corrected chi connectivity index (χ4v) is 9.59. The number of hydrogen-bond acceptors (Lipinski definition) is 4. The summed E-state index contributed by atoms with van der Waals surface area (Å²) in [6.07, 6.45) is 9.59. The van der Waals surface area contributed by atoms with E-state index in [4.69, 9.17) is 4.74 Å². The molecular weight excluding hydrogens is 398 g/mol. The lowest BCUT2D eigenvalue weighted by Gasteiger charge is -2.59. The van der Waals surface area contributed by atoms with E-state index in [1.54, 1.807) is 0 Å². The average molecular weight is 432 g/mol. The van der Waals surface area contributed by atoms with Crippen LogP contribution in [0.3, 0.4) is 0 Å². The Morgan fingerprint density at radius 2 is 1.66 bits per heavy atom. The Balaban J connectivity index is 1.12. The Kier molecular flexibility index (Phi) is 5.81. The first-order chi connectivity index (χ1) is 14.1. The molecule has 0 spiro atoms. The number of hydrogen-bond donors (Lipinski definition) is 1. The molecule has 4 saturated carbocycles. The molecule has 158 valence electrons. The number of benzene rings is 1. The predicted octanol–water partition coefficient (Wildman–Crippen LogP) is 5.66. The minimum Gasteiger partial charge on any atom is -0.484 e. The highest BCUT2D eigenvalue weighted by molar-refractivity contribution is 8.16. The van der Waals surface area contributed by atoms with Gasteiger partial charge in [-0.25, -0.2) is 0 Å². The second kappa shape index (κ2) is 8.37. The van der Waals surface area contributed by atoms with E-state index in [9.17, 15) is 4.79 Å². The van der Waals surface area contributed by atoms with E-state index in [1.807, 2.05) is 35.7 Å². The number of carbonyl (C=O) groups is 1. The number of nitrogens with one attached hydrogen (secondary N) is 1. The summed E-state index contributed by atoms with van der Waals surface area (Å²) < 4.78 is 6.35. The zero-order valence-electron chi connectivity index (χ0n) is 17.4. The number of thioether (sulfide) groups is 2. The Morgan fingerprint density at radius 3 is 2.24 bits per heavy atom. The number of ether oxygens (including phenoxy) is 1. The first-order valence-corrected chi connectivity index (χ1v) is 13.4. The van der Waals surface area contributed by atoms with Gasteiger partial charge in [-0.15, -0.1) is 23.5 Å². The van der Waals surface area contributed by atoms with E-state index in [0.717, 1.165) is 23.5 Å². The fraction of sp³-hybridized carbons (Fsp3) is 0.708. The molecule has 0 unspecified atom stereocenters. The molecule has 1 heterocycles. The largest absolute Gasteiger partial charge is 0.484 e. The van der Waals surface area contributed by atoms with Crippen molar-refractivity contribution in [3.8, 4) is 5.75 Å². The highest BCUT2D eigenvalue weighted by atomic mass is 32.2. The van der Waals surface area contributed by atoms with Crippen LogP contribution in [0.1, 0.15) is 62.0 Å². The molecule has 5 heteroatoms. The molecule has 6 rings (SSSR count). The first-order valence-electron chi connectivity index (χ1n) is 11.3. The second-order valence-corrected chi connectivity index (χ2v) is 12.6. The maximum atomic E-state index is 12.6. The van der Waals surface area contributed by atoms with Gasteiger partial charge in [0.15, 0.2) is 6.61 Å². The van der Waals surface area contributed by atoms with Crippen LogP contribution in [0.2, 0.25) is 0 Å². The molecule has 1 amide bonds. The zero-order chi connectivity index (χ0) is 19.8. The molecular formula is C24H33NO2S2. The minimum atomic E-state index is 0.0238. The van der Waals surface area contributed by atoms with Crippen molar-refractivity contribution in [2.75, 3.05) is 18.1 Å². The first kappa shape index (κ1) is 20.1. The van der Waals surface area contributed by atoms with Gasteiger partial charge in [0.25, 0.3) is 5.91 Å². The van der Waals surface area contributed by atoms with Crippen molar-refractivity contribution in [3.05, 3.63) is 29.8 Å². The molecule has 3 nitrogen and oxygen atoms in total. The van der Waals surface area contributed by atoms with E-state index in [-0.39, 0.29) is 18.6 Å². The van der Waals surface area contributed by atoms with Crippen molar-refractivity contribution in [3.63, 3.8) is 0 Å². The van der Waals surface area contributed by atoms with Gasteiger partial charge in [0.1, 0.15) is 5.75 Å². The van der Waals surface area contributed by atoms with Crippen molar-refractivity contribution in [2.24, 2.45) is 23.2 Å². The van der Waals surface area contributed by atoms with Crippen LogP contribution in [0, 0.1) is 23.2 Å². The van der Waals surface area contributed by atoms with Crippen LogP contribution < -0.4 is 10.1 Å². The molecule has 4 bridgehead atoms. The Labute approximate surface area is 183 Å². The number of carbonyl (C=O) groups excluding carboxylic acids is 1. The molecule has 29 heavy (non-hydrogen) atoms. The summed E-state index contributed by atoms with van der Waals surface area (Å²) in [5.41, 5.74) is 1.70. The van der Waals surface area contributed by atoms with Gasteiger partial charge in [0, 0.05) is 6.04 Å². The SMILES string of the molecule is C[C@H](NC(=O)COc1ccc(C2SCCCS2)cc1)C12CC3CC(CC(C3)C1)C2. The molecule has 0 aromatic heterocycles. The standard InChI is InChI=1S/C24H33NO2S2/c1-16(24-12-17-9-18(13-24)11-19(10-17)14-24)25-22(26)15-27-21-5-3-20(4-6-21)23-28-7-2-8-29-23/h3-6,16-19,23H,2,7-15H2,1H3,(H,25,26)/t16-,17?,18?,19?,24?/m0/s1. The molecule has 1 atom stereocenters. The fourth-order valence-electron chi connectivity index (χ4n) is 6.69. The molecule has 1 aromatic rings. The molecule has 1 saturated heterocycles. The van der Waals surface area contributed by atoms with Gasteiger partial charge in [0.05, 0.1) is 4.58 Å². The van der Waals surface area contributed by atoms with Crippen LogP contribution in [-0.4, -0.2) is 30.1 Å². The summed E-state index contributed by atoms with van der Waals surface area (Å²) in [7, 11) is 0. The van der Waals surface area contributed by atoms with E-state index < -0.39 is 0 Å². The molecule has 4 aliphatic carbocycles. The van der Waals surface area contributed by atoms with Gasteiger partial charge in [0.2, 0.25) is 0 Å². The van der Waals surface area contributed by atoms with Crippen molar-refractivity contribution < 1.29 is 9.53 Å². The normalized spacial score (nSPS) is 34.7. The van der Waals surface area contributed by atoms with Gasteiger partial charge in [-0.05, 0) is 104 Å². The van der Waals surface area contributed by atoms with Crippen LogP contribution in [0.25, 0.3) is 0 Å². The molecule has 1 N–H and O–H groups in total. The van der Waals surface area contributed by atoms with Crippen LogP contribution in [0.5, 0.6) is 5.75 Å². The maximum absolute atomic E-state index is 12.6. The maximum Gasteiger partial charge on any atom is 0.258 e. The third kappa shape index (κ3) is 4.32. The minimum absolute atomic E-state index is 0.0238. The lowest BCUT2D eigenvalue weighted by Crippen LogP contribution is -2.56. The monoisotopic (exact) mass is 431 g/mol. The zero-order valence-corrected chi connectivity index (χ0v) is 19.0. The summed E-state index contributed by atoms with van der Waals surface area (Å²) in [5, 5.41) is 3.30. The quantitative estimate of drug-likeness (QED) is 0.631. The Morgan fingerprint density at radius 1 is 1.07 bits per heavy atom. The number of rotatable bonds is 6. The van der Waals surface area contributed by atoms with Gasteiger partial charge >= 0.3 is 0 Å². The molecule has 0 radical (unpaired) electrons. The van der Waals surface area contributed by atoms with Gasteiger partial charge in [-0.2, -0.15) is 0 Å². The summed E-state index contributed by atoms with van der Waals surface area (Å²) in [6, 6.07) is 8.60. The van der Waals surface area contributed by atoms with Gasteiger partial charge < -0.3 is 10.1 Å². The van der Waals surface area contributed by atoms with Crippen LogP contribution >= 0.6 is 23.5 Å². The summed E-state index contributed by atoms with van der Waals surface area (Å²) in [4.78, 5) is 12.6. The summed E-state index contributed by atoms with van der Waals surface area (Å²) in [6.45, 7) is 2.35. The van der Waals surface area contributed by atoms with E-state index in [0.29, 0.717) is 10.00 Å². The summed E-state index contributed by atoms with van der Waals surface area (Å²) in [5.74, 6) is 6.05. The topological polar surface area (TPSA) is 38.3 Å². The molecule has 5 fully saturated rings. The third-order valence-corrected chi connectivity index (χ3v) is 10.7. The van der Waals surface area contributed by atoms with E-state index in [2.05, 4.69) is 24.4 Å². The average Bonchev–Trinajstić information content (AvgIpc) is 2.72. The highest BCUT2D eigenvalue weighted by Crippen LogP contribution is 2.61. The molecule has 5 aliphatic rings. The van der Waals surface area contributed by atoms with Crippen LogP contribution in [0.15, 0.2) is 24.3 Å². The highest BCUT2D eigenvalue weighted by Gasteiger charge is 2.53. The molecule has 1 aliphatic heterocycles. The van der Waals surface area contributed by atoms with E-state index >= 15 is 0 Å². The van der Waals surface area contributed by atoms with Crippen LogP contribution in [-0.2, 0) is 4.79 Å². The van der Waals surface area contributed by atoms with Gasteiger partial charge in [-0.3, -0.25) is 4.79 Å². The molecule has 1 aromatic carbocycles. The lowest BCUT2D eigenvalue weighted by molar-refractivity contribution is -0.127. The lowest BCUT2D eigenvalue weighted by atomic mass is 9.48. The van der Waals surface area contributed by atoms with Crippen molar-refractivity contribution in [1.82, 2.24) is 5.32 Å². The smallest absolute Gasteiger partial charge is 0.258 e. The van der Waals surface area contributed by atoms with Crippen molar-refractivity contribution in [1.29, 1.82) is 0 Å². The Bertz CT molecular complexity index is 694. The third-order valence-electron chi connectivity index (χ3n) is 7.73.